The molecule has 9 nitrogen and oxygen atoms in total. The van der Waals surface area contributed by atoms with Crippen molar-refractivity contribution >= 4 is 34.7 Å². The van der Waals surface area contributed by atoms with Crippen molar-refractivity contribution in [2.24, 2.45) is 11.3 Å². The molecule has 3 aliphatic rings. The lowest BCUT2D eigenvalue weighted by atomic mass is 9.75. The van der Waals surface area contributed by atoms with Gasteiger partial charge in [-0.1, -0.05) is 54.6 Å². The Balaban J connectivity index is 1.14. The normalized spacial score (nSPS) is 24.5. The van der Waals surface area contributed by atoms with E-state index in [1.165, 1.54) is 0 Å². The van der Waals surface area contributed by atoms with Crippen molar-refractivity contribution in [1.82, 2.24) is 20.5 Å². The van der Waals surface area contributed by atoms with Crippen LogP contribution in [0.25, 0.3) is 11.3 Å². The molecule has 2 saturated heterocycles. The molecule has 6 rings (SSSR count). The van der Waals surface area contributed by atoms with Crippen molar-refractivity contribution in [3.63, 3.8) is 0 Å². The van der Waals surface area contributed by atoms with Crippen molar-refractivity contribution < 1.29 is 19.1 Å². The van der Waals surface area contributed by atoms with Crippen LogP contribution < -0.4 is 16.0 Å². The Hall–Kier alpha value is -3.86. The van der Waals surface area contributed by atoms with E-state index in [4.69, 9.17) is 4.74 Å². The van der Waals surface area contributed by atoms with Crippen LogP contribution in [0.5, 0.6) is 0 Å². The number of fused-ring (bicyclic) bond motifs is 1. The maximum atomic E-state index is 13.9. The van der Waals surface area contributed by atoms with Crippen LogP contribution in [0.15, 0.2) is 72.1 Å². The highest BCUT2D eigenvalue weighted by Crippen LogP contribution is 2.36. The van der Waals surface area contributed by atoms with Crippen molar-refractivity contribution in [3.05, 3.63) is 82.7 Å². The van der Waals surface area contributed by atoms with Gasteiger partial charge in [-0.3, -0.25) is 19.3 Å². The minimum atomic E-state index is -0.675. The highest BCUT2D eigenvalue weighted by atomic mass is 32.1. The first kappa shape index (κ1) is 32.1. The maximum Gasteiger partial charge on any atom is 0.243 e. The largest absolute Gasteiger partial charge is 0.381 e. The molecular formula is C36H43N5O4S. The molecule has 242 valence electrons. The Bertz CT molecular complexity index is 1550. The zero-order chi connectivity index (χ0) is 31.9. The van der Waals surface area contributed by atoms with Crippen LogP contribution in [0.3, 0.4) is 0 Å². The molecule has 0 radical (unpaired) electrons. The van der Waals surface area contributed by atoms with Gasteiger partial charge in [0.15, 0.2) is 0 Å². The lowest BCUT2D eigenvalue weighted by molar-refractivity contribution is -0.140. The van der Waals surface area contributed by atoms with E-state index in [0.29, 0.717) is 52.0 Å². The summed E-state index contributed by atoms with van der Waals surface area (Å²) < 4.78 is 5.62. The third-order valence-electron chi connectivity index (χ3n) is 9.52. The monoisotopic (exact) mass is 641 g/mol. The molecule has 3 aliphatic heterocycles. The van der Waals surface area contributed by atoms with E-state index in [1.807, 2.05) is 66.9 Å². The minimum Gasteiger partial charge on any atom is -0.381 e. The van der Waals surface area contributed by atoms with Gasteiger partial charge in [-0.25, -0.2) is 4.98 Å². The van der Waals surface area contributed by atoms with Crippen molar-refractivity contribution in [3.8, 4) is 11.3 Å². The highest BCUT2D eigenvalue weighted by molar-refractivity contribution is 7.09. The lowest BCUT2D eigenvalue weighted by Gasteiger charge is -2.40. The van der Waals surface area contributed by atoms with Crippen LogP contribution in [0.1, 0.15) is 42.7 Å². The van der Waals surface area contributed by atoms with Gasteiger partial charge in [0.05, 0.1) is 22.7 Å². The van der Waals surface area contributed by atoms with Gasteiger partial charge < -0.3 is 20.7 Å². The van der Waals surface area contributed by atoms with E-state index >= 15 is 0 Å². The molecule has 0 saturated carbocycles. The third kappa shape index (κ3) is 7.92. The molecule has 0 bridgehead atoms. The Morgan fingerprint density at radius 1 is 1.09 bits per heavy atom. The zero-order valence-electron chi connectivity index (χ0n) is 26.4. The van der Waals surface area contributed by atoms with E-state index in [0.717, 1.165) is 40.4 Å². The molecule has 3 N–H and O–H groups in total. The molecule has 0 aliphatic carbocycles. The number of benzene rings is 2. The predicted octanol–water partition coefficient (Wildman–Crippen LogP) is 4.74. The Labute approximate surface area is 274 Å². The fourth-order valence-electron chi connectivity index (χ4n) is 6.86. The summed E-state index contributed by atoms with van der Waals surface area (Å²) in [4.78, 5) is 47.5. The number of rotatable bonds is 6. The van der Waals surface area contributed by atoms with Gasteiger partial charge in [-0.2, -0.15) is 0 Å². The fraction of sp³-hybridized carbons (Fsp3) is 0.444. The van der Waals surface area contributed by atoms with Crippen LogP contribution in [-0.4, -0.2) is 72.5 Å². The number of piperidine rings is 1. The molecule has 2 fully saturated rings. The topological polar surface area (TPSA) is 113 Å². The number of ether oxygens (including phenoxy) is 1. The number of nitrogens with one attached hydrogen (secondary N) is 3. The summed E-state index contributed by atoms with van der Waals surface area (Å²) in [7, 11) is 0. The average Bonchev–Trinajstić information content (AvgIpc) is 3.50. The first-order valence-corrected chi connectivity index (χ1v) is 17.2. The average molecular weight is 642 g/mol. The fourth-order valence-corrected chi connectivity index (χ4v) is 7.48. The number of allylic oxidation sites excluding steroid dienone is 2. The van der Waals surface area contributed by atoms with Crippen molar-refractivity contribution in [2.45, 2.75) is 57.5 Å². The number of carbonyl (C=O) groups is 3. The number of hydrogen-bond acceptors (Lipinski definition) is 7. The molecule has 1 aromatic heterocycles. The summed E-state index contributed by atoms with van der Waals surface area (Å²) in [5, 5.41) is 12.6. The molecule has 3 atom stereocenters. The first-order valence-electron chi connectivity index (χ1n) is 16.3. The number of anilines is 1. The second-order valence-electron chi connectivity index (χ2n) is 12.8. The van der Waals surface area contributed by atoms with Crippen LogP contribution >= 0.6 is 11.3 Å². The number of amides is 3. The van der Waals surface area contributed by atoms with Crippen LogP contribution in [0, 0.1) is 18.3 Å². The number of aryl methyl sites for hydroxylation is 1. The molecule has 46 heavy (non-hydrogen) atoms. The number of carbonyl (C=O) groups excluding carboxylic acids is 3. The minimum absolute atomic E-state index is 0.0543. The van der Waals surface area contributed by atoms with Gasteiger partial charge in [-0.15, -0.1) is 11.3 Å². The Morgan fingerprint density at radius 2 is 1.91 bits per heavy atom. The summed E-state index contributed by atoms with van der Waals surface area (Å²) in [6.07, 6.45) is 8.08. The summed E-state index contributed by atoms with van der Waals surface area (Å²) in [6, 6.07) is 16.9. The molecule has 2 aromatic carbocycles. The van der Waals surface area contributed by atoms with Crippen LogP contribution in [-0.2, 0) is 25.5 Å². The summed E-state index contributed by atoms with van der Waals surface area (Å²) in [6.45, 7) is 4.71. The Morgan fingerprint density at radius 3 is 2.70 bits per heavy atom. The second-order valence-corrected chi connectivity index (χ2v) is 13.9. The molecule has 10 heteroatoms. The van der Waals surface area contributed by atoms with Gasteiger partial charge in [0.2, 0.25) is 17.7 Å². The zero-order valence-corrected chi connectivity index (χ0v) is 27.2. The quantitative estimate of drug-likeness (QED) is 0.336. The van der Waals surface area contributed by atoms with Gasteiger partial charge in [0.25, 0.3) is 0 Å². The summed E-state index contributed by atoms with van der Waals surface area (Å²) in [5.74, 6) is -0.150. The number of aromatic nitrogens is 1. The Kier molecular flexibility index (Phi) is 10.3. The maximum absolute atomic E-state index is 13.9. The van der Waals surface area contributed by atoms with Crippen LogP contribution in [0.4, 0.5) is 5.69 Å². The number of thiazole rings is 1. The summed E-state index contributed by atoms with van der Waals surface area (Å²) in [5.41, 5.74) is 3.04. The molecule has 0 unspecified atom stereocenters. The molecule has 1 spiro atoms. The van der Waals surface area contributed by atoms with Gasteiger partial charge >= 0.3 is 0 Å². The van der Waals surface area contributed by atoms with Gasteiger partial charge in [0, 0.05) is 55.4 Å². The first-order chi connectivity index (χ1) is 22.4. The lowest BCUT2D eigenvalue weighted by Crippen LogP contribution is -2.58. The molecular weight excluding hydrogens is 598 g/mol. The van der Waals surface area contributed by atoms with E-state index in [2.05, 4.69) is 38.0 Å². The smallest absolute Gasteiger partial charge is 0.243 e. The third-order valence-corrected chi connectivity index (χ3v) is 10.3. The number of hydrogen-bond donors (Lipinski definition) is 3. The van der Waals surface area contributed by atoms with E-state index in [1.54, 1.807) is 11.3 Å². The van der Waals surface area contributed by atoms with Gasteiger partial charge in [-0.05, 0) is 62.6 Å². The molecule has 4 heterocycles. The van der Waals surface area contributed by atoms with Crippen molar-refractivity contribution in [1.29, 1.82) is 0 Å². The molecule has 3 amide bonds. The number of nitrogens with zero attached hydrogens (tertiary/aromatic N) is 2. The predicted molar refractivity (Wildman–Crippen MR) is 180 cm³/mol. The van der Waals surface area contributed by atoms with E-state index in [9.17, 15) is 14.4 Å². The SMILES string of the molecule is Cc1nc(-c2cccc(NC(=O)CN3CC[C@@H]4NC(=O)[C@H](Cc5ccccc5)NC(=O)C5(C/C=C/C[C@@H]4C3)CCOCC5)c2)cs1. The number of likely N-dealkylation sites (tertiary alicyclic amines) is 1. The van der Waals surface area contributed by atoms with Crippen LogP contribution in [0.2, 0.25) is 0 Å². The van der Waals surface area contributed by atoms with E-state index < -0.39 is 11.5 Å². The second kappa shape index (κ2) is 14.7. The summed E-state index contributed by atoms with van der Waals surface area (Å²) >= 11 is 1.61. The van der Waals surface area contributed by atoms with E-state index in [-0.39, 0.29) is 36.2 Å². The highest BCUT2D eigenvalue weighted by Gasteiger charge is 2.41. The standard InChI is InChI=1S/C36H43N5O4S/c1-25-37-32(24-46-25)27-11-7-12-29(21-27)38-33(42)23-41-17-13-30-28(22-41)10-5-6-14-36(15-18-45-19-16-36)35(44)40-31(34(43)39-30)20-26-8-3-2-4-9-26/h2-9,11-12,21,24,28,30-31H,10,13-20,22-23H2,1H3,(H,38,42)(H,39,43)(H,40,44)/b6-5+/t28-,30+,31+/m1/s1. The van der Waals surface area contributed by atoms with Crippen molar-refractivity contribution in [2.75, 3.05) is 38.2 Å². The molecule has 3 aromatic rings. The van der Waals surface area contributed by atoms with Gasteiger partial charge in [0.1, 0.15) is 6.04 Å².